The van der Waals surface area contributed by atoms with E-state index < -0.39 is 13.0 Å². The van der Waals surface area contributed by atoms with E-state index in [0.29, 0.717) is 5.56 Å². The third-order valence-corrected chi connectivity index (χ3v) is 3.11. The van der Waals surface area contributed by atoms with Crippen LogP contribution in [-0.4, -0.2) is 24.0 Å². The molecular weight excluding hydrogens is 441 g/mol. The number of guanidine groups is 1. The molecule has 2 aromatic rings. The zero-order chi connectivity index (χ0) is 17.5. The van der Waals surface area contributed by atoms with Crippen LogP contribution >= 0.6 is 24.0 Å². The quantitative estimate of drug-likeness (QED) is 0.388. The average molecular weight is 462 g/mol. The molecule has 1 heterocycles. The van der Waals surface area contributed by atoms with E-state index in [-0.39, 0.29) is 42.4 Å². The van der Waals surface area contributed by atoms with Gasteiger partial charge in [-0.2, -0.15) is 0 Å². The molecule has 0 atom stereocenters. The van der Waals surface area contributed by atoms with Gasteiger partial charge in [-0.05, 0) is 43.2 Å². The number of pyridine rings is 1. The molecule has 2 rings (SSSR count). The van der Waals surface area contributed by atoms with Gasteiger partial charge in [-0.25, -0.2) is 18.8 Å². The number of nitrogens with one attached hydrogen (secondary N) is 1. The van der Waals surface area contributed by atoms with Gasteiger partial charge in [0.1, 0.15) is 0 Å². The van der Waals surface area contributed by atoms with Gasteiger partial charge in [0, 0.05) is 17.4 Å². The number of nitrogens with zero attached hydrogens (tertiary/aromatic N) is 2. The number of rotatable bonds is 6. The molecule has 0 radical (unpaired) electrons. The Balaban J connectivity index is 0.00000312. The summed E-state index contributed by atoms with van der Waals surface area (Å²) >= 11 is 0. The van der Waals surface area contributed by atoms with E-state index in [1.807, 2.05) is 26.0 Å². The van der Waals surface area contributed by atoms with Gasteiger partial charge >= 0.3 is 0 Å². The molecule has 3 N–H and O–H groups in total. The maximum Gasteiger partial charge on any atom is 0.272 e. The van der Waals surface area contributed by atoms with Gasteiger partial charge in [0.25, 0.3) is 6.43 Å². The number of ether oxygens (including phenoxy) is 1. The van der Waals surface area contributed by atoms with E-state index >= 15 is 0 Å². The summed E-state index contributed by atoms with van der Waals surface area (Å²) < 4.78 is 29.5. The van der Waals surface area contributed by atoms with Crippen molar-refractivity contribution >= 4 is 35.6 Å². The largest absolute Gasteiger partial charge is 0.471 e. The average Bonchev–Trinajstić information content (AvgIpc) is 2.50. The van der Waals surface area contributed by atoms with Gasteiger partial charge < -0.3 is 15.8 Å². The highest BCUT2D eigenvalue weighted by molar-refractivity contribution is 14.0. The smallest absolute Gasteiger partial charge is 0.272 e. The molecule has 0 fully saturated rings. The number of hydrogen-bond acceptors (Lipinski definition) is 3. The number of hydrogen-bond donors (Lipinski definition) is 2. The monoisotopic (exact) mass is 462 g/mol. The lowest BCUT2D eigenvalue weighted by Crippen LogP contribution is -2.22. The van der Waals surface area contributed by atoms with Crippen molar-refractivity contribution in [3.05, 3.63) is 53.2 Å². The van der Waals surface area contributed by atoms with Crippen LogP contribution in [0.2, 0.25) is 0 Å². The van der Waals surface area contributed by atoms with Crippen LogP contribution < -0.4 is 15.8 Å². The Morgan fingerprint density at radius 3 is 2.60 bits per heavy atom. The van der Waals surface area contributed by atoms with Gasteiger partial charge in [0.2, 0.25) is 5.88 Å². The molecule has 5 nitrogen and oxygen atoms in total. The number of aryl methyl sites for hydroxylation is 2. The molecular formula is C17H21F2IN4O. The lowest BCUT2D eigenvalue weighted by molar-refractivity contribution is 0.0791. The summed E-state index contributed by atoms with van der Waals surface area (Å²) in [5.74, 6) is 0.365. The Morgan fingerprint density at radius 2 is 1.96 bits per heavy atom. The van der Waals surface area contributed by atoms with Crippen molar-refractivity contribution in [1.29, 1.82) is 0 Å². The minimum Gasteiger partial charge on any atom is -0.471 e. The molecule has 0 bridgehead atoms. The number of benzene rings is 1. The molecule has 136 valence electrons. The minimum absolute atomic E-state index is 0. The van der Waals surface area contributed by atoms with Gasteiger partial charge in [-0.3, -0.25) is 0 Å². The summed E-state index contributed by atoms with van der Waals surface area (Å²) in [6, 6.07) is 9.36. The van der Waals surface area contributed by atoms with E-state index in [9.17, 15) is 8.78 Å². The summed E-state index contributed by atoms with van der Waals surface area (Å²) in [5.41, 5.74) is 9.53. The van der Waals surface area contributed by atoms with Crippen LogP contribution in [0.3, 0.4) is 0 Å². The maximum absolute atomic E-state index is 12.3. The lowest BCUT2D eigenvalue weighted by Gasteiger charge is -2.10. The fourth-order valence-electron chi connectivity index (χ4n) is 2.22. The van der Waals surface area contributed by atoms with Gasteiger partial charge in [-0.15, -0.1) is 24.0 Å². The van der Waals surface area contributed by atoms with Crippen LogP contribution in [0.5, 0.6) is 5.88 Å². The standard InChI is InChI=1S/C17H20F2N4O.HI/c1-11-6-12(2)8-14(7-11)23-17(20)22-9-13-4-3-5-21-16(13)24-10-15(18)19;/h3-8,15H,9-10H2,1-2H3,(H3,20,22,23);1H. The van der Waals surface area contributed by atoms with E-state index in [1.165, 1.54) is 6.20 Å². The van der Waals surface area contributed by atoms with Gasteiger partial charge in [0.15, 0.2) is 12.6 Å². The fraction of sp³-hybridized carbons (Fsp3) is 0.294. The molecule has 0 unspecified atom stereocenters. The highest BCUT2D eigenvalue weighted by atomic mass is 127. The first-order valence-corrected chi connectivity index (χ1v) is 7.44. The number of nitrogens with two attached hydrogens (primary N) is 1. The van der Waals surface area contributed by atoms with Crippen LogP contribution in [0.4, 0.5) is 14.5 Å². The summed E-state index contributed by atoms with van der Waals surface area (Å²) in [4.78, 5) is 8.16. The SMILES string of the molecule is Cc1cc(C)cc(NC(N)=NCc2cccnc2OCC(F)F)c1.I. The summed E-state index contributed by atoms with van der Waals surface area (Å²) in [6.07, 6.45) is -1.08. The Bertz CT molecular complexity index is 705. The van der Waals surface area contributed by atoms with E-state index in [2.05, 4.69) is 21.4 Å². The number of aromatic nitrogens is 1. The van der Waals surface area contributed by atoms with E-state index in [4.69, 9.17) is 10.5 Å². The Kier molecular flexibility index (Phi) is 8.53. The molecule has 0 aliphatic carbocycles. The third-order valence-electron chi connectivity index (χ3n) is 3.11. The number of halogens is 3. The molecule has 0 aliphatic rings. The van der Waals surface area contributed by atoms with Crippen molar-refractivity contribution in [2.45, 2.75) is 26.8 Å². The zero-order valence-electron chi connectivity index (χ0n) is 14.0. The maximum atomic E-state index is 12.3. The molecule has 0 amide bonds. The van der Waals surface area contributed by atoms with Crippen molar-refractivity contribution in [2.24, 2.45) is 10.7 Å². The first-order valence-electron chi connectivity index (χ1n) is 7.44. The Hall–Kier alpha value is -1.97. The highest BCUT2D eigenvalue weighted by Gasteiger charge is 2.08. The molecule has 0 saturated carbocycles. The molecule has 0 aliphatic heterocycles. The number of aliphatic imine (C=N–C) groups is 1. The van der Waals surface area contributed by atoms with Crippen molar-refractivity contribution in [3.63, 3.8) is 0 Å². The van der Waals surface area contributed by atoms with Crippen LogP contribution in [0.25, 0.3) is 0 Å². The van der Waals surface area contributed by atoms with Gasteiger partial charge in [-0.1, -0.05) is 12.1 Å². The minimum atomic E-state index is -2.56. The van der Waals surface area contributed by atoms with Crippen molar-refractivity contribution < 1.29 is 13.5 Å². The topological polar surface area (TPSA) is 72.5 Å². The summed E-state index contributed by atoms with van der Waals surface area (Å²) in [6.45, 7) is 3.46. The number of anilines is 1. The first kappa shape index (κ1) is 21.1. The normalized spacial score (nSPS) is 11.2. The number of alkyl halides is 2. The fourth-order valence-corrected chi connectivity index (χ4v) is 2.22. The van der Waals surface area contributed by atoms with Crippen molar-refractivity contribution in [2.75, 3.05) is 11.9 Å². The predicted molar refractivity (Wildman–Crippen MR) is 106 cm³/mol. The second kappa shape index (κ2) is 10.1. The Labute approximate surface area is 162 Å². The molecule has 0 saturated heterocycles. The third kappa shape index (κ3) is 7.20. The van der Waals surface area contributed by atoms with Crippen LogP contribution in [0.15, 0.2) is 41.5 Å². The first-order chi connectivity index (χ1) is 11.4. The van der Waals surface area contributed by atoms with Gasteiger partial charge in [0.05, 0.1) is 6.54 Å². The molecule has 0 spiro atoms. The lowest BCUT2D eigenvalue weighted by atomic mass is 10.1. The summed E-state index contributed by atoms with van der Waals surface area (Å²) in [5, 5.41) is 3.01. The van der Waals surface area contributed by atoms with E-state index in [1.54, 1.807) is 12.1 Å². The molecule has 25 heavy (non-hydrogen) atoms. The molecule has 1 aromatic heterocycles. The molecule has 8 heteroatoms. The highest BCUT2D eigenvalue weighted by Crippen LogP contribution is 2.17. The Morgan fingerprint density at radius 1 is 1.28 bits per heavy atom. The van der Waals surface area contributed by atoms with Crippen LogP contribution in [-0.2, 0) is 6.54 Å². The van der Waals surface area contributed by atoms with Crippen LogP contribution in [0.1, 0.15) is 16.7 Å². The second-order valence-corrected chi connectivity index (χ2v) is 5.37. The summed E-state index contributed by atoms with van der Waals surface area (Å²) in [7, 11) is 0. The van der Waals surface area contributed by atoms with Crippen molar-refractivity contribution in [3.8, 4) is 5.88 Å². The van der Waals surface area contributed by atoms with Crippen LogP contribution in [0, 0.1) is 13.8 Å². The second-order valence-electron chi connectivity index (χ2n) is 5.37. The van der Waals surface area contributed by atoms with Crippen molar-refractivity contribution in [1.82, 2.24) is 4.98 Å². The predicted octanol–water partition coefficient (Wildman–Crippen LogP) is 3.89. The zero-order valence-corrected chi connectivity index (χ0v) is 16.3. The molecule has 1 aromatic carbocycles. The van der Waals surface area contributed by atoms with E-state index in [0.717, 1.165) is 16.8 Å².